The zero-order chi connectivity index (χ0) is 23.5. The Morgan fingerprint density at radius 3 is 2.12 bits per heavy atom. The minimum absolute atomic E-state index is 0.127. The quantitative estimate of drug-likeness (QED) is 0.287. The maximum atomic E-state index is 13.4. The number of nitrogens with one attached hydrogen (secondary N) is 1. The minimum atomic E-state index is -0.290. The van der Waals surface area contributed by atoms with Crippen LogP contribution in [-0.4, -0.2) is 15.9 Å². The van der Waals surface area contributed by atoms with Crippen LogP contribution in [0.2, 0.25) is 0 Å². The molecule has 0 saturated carbocycles. The van der Waals surface area contributed by atoms with Crippen molar-refractivity contribution in [2.45, 2.75) is 6.92 Å². The van der Waals surface area contributed by atoms with Gasteiger partial charge in [0.1, 0.15) is 34.2 Å². The molecule has 0 bridgehead atoms. The molecule has 0 saturated heterocycles. The number of amides is 1. The molecule has 5 aromatic rings. The molecular formula is C26H18FN3O3S. The highest BCUT2D eigenvalue weighted by Gasteiger charge is 2.15. The van der Waals surface area contributed by atoms with Crippen molar-refractivity contribution < 1.29 is 18.7 Å². The number of carbonyl (C=O) groups is 1. The van der Waals surface area contributed by atoms with Crippen LogP contribution in [0.1, 0.15) is 6.92 Å². The topological polar surface area (TPSA) is 73.3 Å². The average Bonchev–Trinajstić information content (AvgIpc) is 3.27. The number of anilines is 1. The highest BCUT2D eigenvalue weighted by molar-refractivity contribution is 7.17. The molecule has 0 radical (unpaired) electrons. The fraction of sp³-hybridized carbons (Fsp3) is 0.0385. The summed E-state index contributed by atoms with van der Waals surface area (Å²) in [7, 11) is 0. The Kier molecular flexibility index (Phi) is 5.88. The largest absolute Gasteiger partial charge is 0.457 e. The zero-order valence-corrected chi connectivity index (χ0v) is 18.8. The molecular weight excluding hydrogens is 453 g/mol. The highest BCUT2D eigenvalue weighted by atomic mass is 32.1. The molecule has 0 aliphatic carbocycles. The van der Waals surface area contributed by atoms with E-state index in [1.165, 1.54) is 36.7 Å². The monoisotopic (exact) mass is 471 g/mol. The fourth-order valence-electron chi connectivity index (χ4n) is 3.40. The van der Waals surface area contributed by atoms with Gasteiger partial charge in [-0.3, -0.25) is 4.79 Å². The molecule has 2 aromatic heterocycles. The Hall–Kier alpha value is -4.30. The maximum Gasteiger partial charge on any atom is 0.231 e. The molecule has 168 valence electrons. The van der Waals surface area contributed by atoms with E-state index in [0.717, 1.165) is 21.3 Å². The van der Waals surface area contributed by atoms with Gasteiger partial charge in [-0.15, -0.1) is 11.3 Å². The second-order valence-electron chi connectivity index (χ2n) is 7.40. The Labute approximate surface area is 198 Å². The van der Waals surface area contributed by atoms with Crippen molar-refractivity contribution in [1.82, 2.24) is 9.97 Å². The van der Waals surface area contributed by atoms with Crippen molar-refractivity contribution in [3.8, 4) is 34.3 Å². The van der Waals surface area contributed by atoms with E-state index in [1.807, 2.05) is 5.38 Å². The molecule has 1 N–H and O–H groups in total. The Morgan fingerprint density at radius 1 is 0.853 bits per heavy atom. The number of hydrogen-bond acceptors (Lipinski definition) is 6. The van der Waals surface area contributed by atoms with E-state index in [0.29, 0.717) is 28.8 Å². The van der Waals surface area contributed by atoms with Crippen LogP contribution in [0.4, 0.5) is 10.1 Å². The third kappa shape index (κ3) is 4.72. The SMILES string of the molecule is CC(=O)Nc1ccc(Oc2ccc(Oc3ncnc4scc(-c5ccc(F)cc5)c34)cc2)cc1. The summed E-state index contributed by atoms with van der Waals surface area (Å²) in [5.41, 5.74) is 2.45. The van der Waals surface area contributed by atoms with Crippen LogP contribution in [0.3, 0.4) is 0 Å². The summed E-state index contributed by atoms with van der Waals surface area (Å²) in [6.45, 7) is 1.46. The van der Waals surface area contributed by atoms with Gasteiger partial charge in [-0.2, -0.15) is 0 Å². The number of aromatic nitrogens is 2. The number of benzene rings is 3. The summed E-state index contributed by atoms with van der Waals surface area (Å²) < 4.78 is 25.3. The minimum Gasteiger partial charge on any atom is -0.457 e. The average molecular weight is 472 g/mol. The smallest absolute Gasteiger partial charge is 0.231 e. The normalized spacial score (nSPS) is 10.8. The lowest BCUT2D eigenvalue weighted by molar-refractivity contribution is -0.114. The van der Waals surface area contributed by atoms with E-state index in [-0.39, 0.29) is 11.7 Å². The first-order valence-electron chi connectivity index (χ1n) is 10.4. The van der Waals surface area contributed by atoms with Gasteiger partial charge in [0.15, 0.2) is 0 Å². The van der Waals surface area contributed by atoms with Gasteiger partial charge in [-0.05, 0) is 66.2 Å². The molecule has 3 aromatic carbocycles. The van der Waals surface area contributed by atoms with Gasteiger partial charge in [-0.1, -0.05) is 12.1 Å². The lowest BCUT2D eigenvalue weighted by Crippen LogP contribution is -2.05. The van der Waals surface area contributed by atoms with Crippen molar-refractivity contribution in [3.63, 3.8) is 0 Å². The van der Waals surface area contributed by atoms with Crippen LogP contribution in [0.5, 0.6) is 23.1 Å². The number of thiophene rings is 1. The standard InChI is InChI=1S/C26H18FN3O3S/c1-16(31)30-19-6-8-20(9-7-19)32-21-10-12-22(13-11-21)33-25-24-23(14-34-26(24)29-15-28-25)17-2-4-18(27)5-3-17/h2-15H,1H3,(H,30,31). The number of ether oxygens (including phenoxy) is 2. The summed E-state index contributed by atoms with van der Waals surface area (Å²) in [5.74, 6) is 1.87. The van der Waals surface area contributed by atoms with Gasteiger partial charge in [-0.25, -0.2) is 14.4 Å². The van der Waals surface area contributed by atoms with Crippen LogP contribution < -0.4 is 14.8 Å². The lowest BCUT2D eigenvalue weighted by Gasteiger charge is -2.10. The van der Waals surface area contributed by atoms with Gasteiger partial charge in [0.2, 0.25) is 11.8 Å². The molecule has 0 unspecified atom stereocenters. The van der Waals surface area contributed by atoms with E-state index in [2.05, 4.69) is 15.3 Å². The lowest BCUT2D eigenvalue weighted by atomic mass is 10.1. The molecule has 5 rings (SSSR count). The first kappa shape index (κ1) is 21.5. The van der Waals surface area contributed by atoms with Gasteiger partial charge in [0.25, 0.3) is 0 Å². The highest BCUT2D eigenvalue weighted by Crippen LogP contribution is 2.39. The van der Waals surface area contributed by atoms with Crippen molar-refractivity contribution in [1.29, 1.82) is 0 Å². The summed E-state index contributed by atoms with van der Waals surface area (Å²) in [5, 5.41) is 5.46. The summed E-state index contributed by atoms with van der Waals surface area (Å²) >= 11 is 1.48. The molecule has 0 spiro atoms. The van der Waals surface area contributed by atoms with E-state index < -0.39 is 0 Å². The molecule has 0 atom stereocenters. The van der Waals surface area contributed by atoms with Crippen molar-refractivity contribution >= 4 is 33.1 Å². The van der Waals surface area contributed by atoms with Gasteiger partial charge >= 0.3 is 0 Å². The second-order valence-corrected chi connectivity index (χ2v) is 8.25. The van der Waals surface area contributed by atoms with Crippen molar-refractivity contribution in [2.75, 3.05) is 5.32 Å². The summed E-state index contributed by atoms with van der Waals surface area (Å²) in [6, 6.07) is 20.6. The Morgan fingerprint density at radius 2 is 1.47 bits per heavy atom. The number of carbonyl (C=O) groups excluding carboxylic acids is 1. The number of halogens is 1. The van der Waals surface area contributed by atoms with Crippen LogP contribution in [-0.2, 0) is 4.79 Å². The first-order chi connectivity index (χ1) is 16.5. The first-order valence-corrected chi connectivity index (χ1v) is 11.2. The van der Waals surface area contributed by atoms with Crippen LogP contribution in [0.25, 0.3) is 21.3 Å². The number of nitrogens with zero attached hydrogens (tertiary/aromatic N) is 2. The molecule has 8 heteroatoms. The third-order valence-electron chi connectivity index (χ3n) is 4.94. The molecule has 2 heterocycles. The molecule has 0 fully saturated rings. The van der Waals surface area contributed by atoms with Crippen LogP contribution >= 0.6 is 11.3 Å². The van der Waals surface area contributed by atoms with E-state index >= 15 is 0 Å². The van der Waals surface area contributed by atoms with Crippen LogP contribution in [0, 0.1) is 5.82 Å². The molecule has 1 amide bonds. The van der Waals surface area contributed by atoms with E-state index in [1.54, 1.807) is 60.7 Å². The summed E-state index contributed by atoms with van der Waals surface area (Å²) in [6.07, 6.45) is 1.46. The fourth-order valence-corrected chi connectivity index (χ4v) is 4.31. The molecule has 34 heavy (non-hydrogen) atoms. The summed E-state index contributed by atoms with van der Waals surface area (Å²) in [4.78, 5) is 20.6. The molecule has 6 nitrogen and oxygen atoms in total. The Bertz CT molecular complexity index is 1450. The van der Waals surface area contributed by atoms with Crippen molar-refractivity contribution in [3.05, 3.63) is 90.3 Å². The molecule has 0 aliphatic rings. The van der Waals surface area contributed by atoms with Gasteiger partial charge in [0.05, 0.1) is 5.39 Å². The number of fused-ring (bicyclic) bond motifs is 1. The second kappa shape index (κ2) is 9.29. The third-order valence-corrected chi connectivity index (χ3v) is 5.83. The maximum absolute atomic E-state index is 13.4. The van der Waals surface area contributed by atoms with Gasteiger partial charge in [0, 0.05) is 23.6 Å². The van der Waals surface area contributed by atoms with E-state index in [9.17, 15) is 9.18 Å². The Balaban J connectivity index is 1.35. The number of hydrogen-bond donors (Lipinski definition) is 1. The van der Waals surface area contributed by atoms with Crippen molar-refractivity contribution in [2.24, 2.45) is 0 Å². The van der Waals surface area contributed by atoms with E-state index in [4.69, 9.17) is 9.47 Å². The van der Waals surface area contributed by atoms with Gasteiger partial charge < -0.3 is 14.8 Å². The number of rotatable bonds is 6. The predicted octanol–water partition coefficient (Wildman–Crippen LogP) is 7.04. The van der Waals surface area contributed by atoms with Crippen LogP contribution in [0.15, 0.2) is 84.5 Å². The zero-order valence-electron chi connectivity index (χ0n) is 18.0. The predicted molar refractivity (Wildman–Crippen MR) is 130 cm³/mol. The molecule has 0 aliphatic heterocycles.